The van der Waals surface area contributed by atoms with Gasteiger partial charge in [-0.15, -0.1) is 0 Å². The minimum atomic E-state index is -1.49. The van der Waals surface area contributed by atoms with Gasteiger partial charge in [-0.1, -0.05) is 72.8 Å². The van der Waals surface area contributed by atoms with Gasteiger partial charge < -0.3 is 119 Å². The molecule has 9 atom stereocenters. The zero-order chi connectivity index (χ0) is 77.7. The van der Waals surface area contributed by atoms with Crippen LogP contribution in [0.2, 0.25) is 0 Å². The number of guanidine groups is 3. The number of para-hydroxylation sites is 4. The molecule has 0 spiro atoms. The molecule has 0 bridgehead atoms. The van der Waals surface area contributed by atoms with Crippen LogP contribution in [-0.4, -0.2) is 178 Å². The van der Waals surface area contributed by atoms with E-state index in [0.29, 0.717) is 76.3 Å². The molecule has 4 aromatic carbocycles. The lowest BCUT2D eigenvalue weighted by atomic mass is 9.99. The molecule has 578 valence electrons. The van der Waals surface area contributed by atoms with Gasteiger partial charge >= 0.3 is 0 Å². The highest BCUT2D eigenvalue weighted by Gasteiger charge is 2.37. The summed E-state index contributed by atoms with van der Waals surface area (Å²) >= 11 is 0. The van der Waals surface area contributed by atoms with E-state index in [2.05, 4.69) is 78.4 Å². The minimum absolute atomic E-state index is 0.0102. The molecule has 0 radical (unpaired) electrons. The van der Waals surface area contributed by atoms with Crippen LogP contribution in [0.3, 0.4) is 0 Å². The summed E-state index contributed by atoms with van der Waals surface area (Å²) in [6.07, 6.45) is 8.84. The predicted octanol–water partition coefficient (Wildman–Crippen LogP) is -0.379. The summed E-state index contributed by atoms with van der Waals surface area (Å²) in [5, 5.41) is 56.6. The Labute approximate surface area is 623 Å². The van der Waals surface area contributed by atoms with Crippen molar-refractivity contribution in [2.24, 2.45) is 40.1 Å². The Kier molecular flexibility index (Phi) is 31.0. The van der Waals surface area contributed by atoms with E-state index in [1.54, 1.807) is 24.8 Å². The zero-order valence-electron chi connectivity index (χ0n) is 60.3. The van der Waals surface area contributed by atoms with E-state index in [9.17, 15) is 19.2 Å². The topological polar surface area (TPSA) is 603 Å². The number of unbranched alkanes of at least 4 members (excludes halogenated alkanes) is 2. The van der Waals surface area contributed by atoms with Crippen molar-refractivity contribution in [1.82, 2.24) is 78.4 Å². The number of aromatic nitrogens is 4. The van der Waals surface area contributed by atoms with Crippen molar-refractivity contribution in [3.8, 4) is 0 Å². The highest BCUT2D eigenvalue weighted by molar-refractivity contribution is 6.00. The van der Waals surface area contributed by atoms with Gasteiger partial charge in [0.05, 0.1) is 6.04 Å². The van der Waals surface area contributed by atoms with Gasteiger partial charge in [-0.25, -0.2) is 0 Å². The number of fused-ring (bicyclic) bond motifs is 4. The maximum absolute atomic E-state index is 15.6. The van der Waals surface area contributed by atoms with E-state index >= 15 is 24.0 Å². The van der Waals surface area contributed by atoms with Crippen LogP contribution >= 0.6 is 0 Å². The molecule has 8 rings (SSSR count). The number of aromatic amines is 4. The van der Waals surface area contributed by atoms with Gasteiger partial charge in [-0.2, -0.15) is 0 Å². The van der Waals surface area contributed by atoms with Crippen molar-refractivity contribution in [2.45, 2.75) is 157 Å². The molecule has 0 saturated heterocycles. The second-order valence-corrected chi connectivity index (χ2v) is 26.8. The number of carbonyl (C=O) groups excluding carboxylic acids is 9. The van der Waals surface area contributed by atoms with E-state index in [1.165, 1.54) is 0 Å². The SMILES string of the molecule is N=C(N)NCCC[C@@H](N)C(=O)N[C@H](CCCNC(=N)N)C(=O)N[C@H](Cc1c[nH]c2ccccc12)C(=O)N[C@H](Cc1c[nH]c2ccccc12)C(=O)N[C@H](CCCCN)C(=O)N[C@H](Cc1c[nH]c2ccccc12)C(=O)N[C@H](Cc1c[nH]c2ccccc12)C(=O)N[C@H](CCCNC(=N)N)C(=O)N[C@H](CCCCN)C(N)=O. The number of nitrogens with two attached hydrogens (primary N) is 7. The number of amides is 9. The summed E-state index contributed by atoms with van der Waals surface area (Å²) in [5.41, 5.74) is 45.7. The van der Waals surface area contributed by atoms with Gasteiger partial charge in [0.2, 0.25) is 53.2 Å². The molecule has 4 aromatic heterocycles. The molecule has 108 heavy (non-hydrogen) atoms. The van der Waals surface area contributed by atoms with Crippen LogP contribution in [0, 0.1) is 16.2 Å². The molecule has 9 amide bonds. The molecule has 34 nitrogen and oxygen atoms in total. The van der Waals surface area contributed by atoms with E-state index < -0.39 is 108 Å². The van der Waals surface area contributed by atoms with E-state index in [4.69, 9.17) is 56.4 Å². The van der Waals surface area contributed by atoms with Crippen LogP contribution in [-0.2, 0) is 68.8 Å². The van der Waals surface area contributed by atoms with Gasteiger partial charge in [0.1, 0.15) is 48.3 Å². The smallest absolute Gasteiger partial charge is 0.243 e. The number of primary amides is 1. The molecule has 32 N–H and O–H groups in total. The zero-order valence-corrected chi connectivity index (χ0v) is 60.3. The average molecular weight is 1490 g/mol. The molecule has 4 heterocycles. The summed E-state index contributed by atoms with van der Waals surface area (Å²) < 4.78 is 0. The Morgan fingerprint density at radius 3 is 0.843 bits per heavy atom. The lowest BCUT2D eigenvalue weighted by molar-refractivity contribution is -0.136. The van der Waals surface area contributed by atoms with Gasteiger partial charge in [-0.05, 0) is 137 Å². The quantitative estimate of drug-likeness (QED) is 0.0131. The molecular formula is C74H103N25O9. The first-order valence-electron chi connectivity index (χ1n) is 36.3. The normalized spacial score (nSPS) is 13.8. The molecule has 0 aliphatic rings. The van der Waals surface area contributed by atoms with Crippen molar-refractivity contribution in [1.29, 1.82) is 16.2 Å². The van der Waals surface area contributed by atoms with E-state index in [-0.39, 0.29) is 121 Å². The second-order valence-electron chi connectivity index (χ2n) is 26.8. The molecule has 0 aliphatic heterocycles. The first kappa shape index (κ1) is 81.6. The van der Waals surface area contributed by atoms with Gasteiger partial charge in [0.25, 0.3) is 0 Å². The van der Waals surface area contributed by atoms with Crippen LogP contribution in [0.15, 0.2) is 122 Å². The maximum atomic E-state index is 15.6. The average Bonchev–Trinajstić information content (AvgIpc) is 1.64. The van der Waals surface area contributed by atoms with E-state index in [1.807, 2.05) is 97.1 Å². The number of benzene rings is 4. The largest absolute Gasteiger partial charge is 0.370 e. The fourth-order valence-corrected chi connectivity index (χ4v) is 12.9. The first-order chi connectivity index (χ1) is 52.0. The first-order valence-corrected chi connectivity index (χ1v) is 36.3. The summed E-state index contributed by atoms with van der Waals surface area (Å²) in [6, 6.07) is 17.1. The molecule has 0 saturated carbocycles. The standard InChI is InChI=1S/C74H103N25O9/c75-29-11-9-25-55(63(78)100)92-65(102)58(28-15-33-87-74(83)84)95-69(106)60(35-43-39-89-52-22-6-2-17-47(43)52)99-70(107)61(36-44-40-90-53-23-7-3-18-48(44)53)96-66(103)56(26-10-12-30-76)94-68(105)59(34-42-38-88-51-21-5-1-16-46(42)51)98-71(108)62(37-45-41-91-54-24-8-4-19-49(45)54)97-67(104)57(27-14-32-86-73(81)82)93-64(101)50(77)20-13-31-85-72(79)80/h1-8,16-19,21-24,38-41,50,55-62,88-91H,9-15,20,25-37,75-77H2,(H2,78,100)(H,92,102)(H,93,101)(H,94,105)(H,95,106)(H,96,103)(H,97,104)(H,98,108)(H,99,107)(H4,79,80,85)(H4,81,82,86)(H4,83,84,87)/t50-,55-,56-,57-,58-,59-,60-,61-,62-/m1/s1. The van der Waals surface area contributed by atoms with Crippen LogP contribution in [0.1, 0.15) is 99.3 Å². The Bertz CT molecular complexity index is 4410. The Morgan fingerprint density at radius 1 is 0.315 bits per heavy atom. The van der Waals surface area contributed by atoms with Crippen molar-refractivity contribution in [3.05, 3.63) is 144 Å². The maximum Gasteiger partial charge on any atom is 0.243 e. The predicted molar refractivity (Wildman–Crippen MR) is 414 cm³/mol. The highest BCUT2D eigenvalue weighted by atomic mass is 16.2. The fourth-order valence-electron chi connectivity index (χ4n) is 12.9. The van der Waals surface area contributed by atoms with Gasteiger partial charge in [-0.3, -0.25) is 59.4 Å². The van der Waals surface area contributed by atoms with Crippen LogP contribution in [0.5, 0.6) is 0 Å². The summed E-state index contributed by atoms with van der Waals surface area (Å²) in [7, 11) is 0. The van der Waals surface area contributed by atoms with Crippen molar-refractivity contribution < 1.29 is 43.2 Å². The third-order valence-electron chi connectivity index (χ3n) is 18.7. The molecule has 8 aromatic rings. The van der Waals surface area contributed by atoms with Gasteiger partial charge in [0.15, 0.2) is 17.9 Å². The molecular weight excluding hydrogens is 1380 g/mol. The fraction of sp³-hybridized carbons (Fsp3) is 0.405. The van der Waals surface area contributed by atoms with Gasteiger partial charge in [0, 0.05) is 114 Å². The van der Waals surface area contributed by atoms with Crippen LogP contribution in [0.4, 0.5) is 0 Å². The number of rotatable bonds is 45. The number of hydrogen-bond donors (Lipinski definition) is 25. The number of nitrogens with one attached hydrogen (secondary N) is 18. The summed E-state index contributed by atoms with van der Waals surface area (Å²) in [4.78, 5) is 146. The summed E-state index contributed by atoms with van der Waals surface area (Å²) in [6.45, 7) is 1.07. The van der Waals surface area contributed by atoms with Crippen LogP contribution < -0.4 is 98.6 Å². The molecule has 0 aliphatic carbocycles. The van der Waals surface area contributed by atoms with Crippen LogP contribution in [0.25, 0.3) is 43.6 Å². The Balaban J connectivity index is 1.12. The lowest BCUT2D eigenvalue weighted by Crippen LogP contribution is -2.61. The monoisotopic (exact) mass is 1490 g/mol. The Morgan fingerprint density at radius 2 is 0.556 bits per heavy atom. The summed E-state index contributed by atoms with van der Waals surface area (Å²) in [5.74, 6) is -8.07. The molecule has 0 unspecified atom stereocenters. The Hall–Kier alpha value is -12.0. The third-order valence-corrected chi connectivity index (χ3v) is 18.7. The number of hydrogen-bond acceptors (Lipinski definition) is 15. The number of H-pyrrole nitrogens is 4. The van der Waals surface area contributed by atoms with Crippen molar-refractivity contribution >= 4 is 115 Å². The number of carbonyl (C=O) groups is 9. The van der Waals surface area contributed by atoms with E-state index in [0.717, 1.165) is 21.8 Å². The second kappa shape index (κ2) is 41.0. The van der Waals surface area contributed by atoms with Crippen molar-refractivity contribution in [2.75, 3.05) is 32.7 Å². The highest BCUT2D eigenvalue weighted by Crippen LogP contribution is 2.25. The molecule has 0 fully saturated rings. The third kappa shape index (κ3) is 24.3. The minimum Gasteiger partial charge on any atom is -0.370 e. The van der Waals surface area contributed by atoms with Crippen molar-refractivity contribution in [3.63, 3.8) is 0 Å². The lowest BCUT2D eigenvalue weighted by Gasteiger charge is -2.28. The molecule has 34 heteroatoms.